The number of benzene rings is 2. The van der Waals surface area contributed by atoms with Crippen LogP contribution in [0.25, 0.3) is 0 Å². The monoisotopic (exact) mass is 309 g/mol. The van der Waals surface area contributed by atoms with Crippen molar-refractivity contribution in [2.75, 3.05) is 11.3 Å². The zero-order valence-electron chi connectivity index (χ0n) is 11.5. The molecule has 0 atom stereocenters. The van der Waals surface area contributed by atoms with Gasteiger partial charge in [-0.15, -0.1) is 0 Å². The molecule has 2 aromatic carbocycles. The van der Waals surface area contributed by atoms with Crippen LogP contribution in [0.4, 0.5) is 10.1 Å². The van der Waals surface area contributed by atoms with Crippen molar-refractivity contribution in [3.8, 4) is 0 Å². The van der Waals surface area contributed by atoms with Crippen molar-refractivity contribution in [1.82, 2.24) is 0 Å². The summed E-state index contributed by atoms with van der Waals surface area (Å²) in [5.74, 6) is -0.787. The van der Waals surface area contributed by atoms with Crippen LogP contribution in [0.15, 0.2) is 47.4 Å². The zero-order chi connectivity index (χ0) is 15.5. The molecule has 2 aromatic rings. The number of aryl methyl sites for hydroxylation is 1. The quantitative estimate of drug-likeness (QED) is 0.891. The lowest BCUT2D eigenvalue weighted by molar-refractivity contribution is 0.299. The van der Waals surface area contributed by atoms with E-state index in [2.05, 4.69) is 4.72 Å². The van der Waals surface area contributed by atoms with Gasteiger partial charge in [0.1, 0.15) is 10.7 Å². The minimum Gasteiger partial charge on any atom is -0.396 e. The molecule has 0 fully saturated rings. The number of aliphatic hydroxyl groups excluding tert-OH is 1. The van der Waals surface area contributed by atoms with Gasteiger partial charge in [-0.2, -0.15) is 0 Å². The van der Waals surface area contributed by atoms with Crippen LogP contribution in [0.5, 0.6) is 0 Å². The van der Waals surface area contributed by atoms with Gasteiger partial charge in [0.25, 0.3) is 10.0 Å². The predicted molar refractivity (Wildman–Crippen MR) is 79.2 cm³/mol. The van der Waals surface area contributed by atoms with Crippen molar-refractivity contribution < 1.29 is 17.9 Å². The van der Waals surface area contributed by atoms with Gasteiger partial charge in [0, 0.05) is 12.3 Å². The van der Waals surface area contributed by atoms with Crippen molar-refractivity contribution in [2.24, 2.45) is 0 Å². The van der Waals surface area contributed by atoms with E-state index in [1.54, 1.807) is 31.2 Å². The van der Waals surface area contributed by atoms with Crippen molar-refractivity contribution in [3.63, 3.8) is 0 Å². The molecule has 0 radical (unpaired) electrons. The molecule has 0 unspecified atom stereocenters. The fourth-order valence-corrected chi connectivity index (χ4v) is 3.12. The van der Waals surface area contributed by atoms with Crippen molar-refractivity contribution in [1.29, 1.82) is 0 Å². The van der Waals surface area contributed by atoms with E-state index in [0.29, 0.717) is 17.7 Å². The lowest BCUT2D eigenvalue weighted by Crippen LogP contribution is -2.14. The van der Waals surface area contributed by atoms with E-state index in [0.717, 1.165) is 11.6 Å². The summed E-state index contributed by atoms with van der Waals surface area (Å²) < 4.78 is 40.4. The average molecular weight is 309 g/mol. The van der Waals surface area contributed by atoms with Gasteiger partial charge in [-0.1, -0.05) is 18.2 Å². The van der Waals surface area contributed by atoms with Crippen LogP contribution in [0.3, 0.4) is 0 Å². The molecule has 0 heterocycles. The molecule has 0 saturated carbocycles. The topological polar surface area (TPSA) is 66.4 Å². The van der Waals surface area contributed by atoms with Gasteiger partial charge in [0.2, 0.25) is 0 Å². The molecule has 21 heavy (non-hydrogen) atoms. The molecule has 0 amide bonds. The summed E-state index contributed by atoms with van der Waals surface area (Å²) in [6.07, 6.45) is 0.500. The Morgan fingerprint density at radius 1 is 1.14 bits per heavy atom. The summed E-state index contributed by atoms with van der Waals surface area (Å²) in [6, 6.07) is 10.5. The van der Waals surface area contributed by atoms with Gasteiger partial charge >= 0.3 is 0 Å². The summed E-state index contributed by atoms with van der Waals surface area (Å²) in [7, 11) is -3.97. The van der Waals surface area contributed by atoms with E-state index in [4.69, 9.17) is 5.11 Å². The second-order valence-corrected chi connectivity index (χ2v) is 6.36. The fraction of sp³-hybridized carbons (Fsp3) is 0.200. The van der Waals surface area contributed by atoms with Crippen LogP contribution in [-0.2, 0) is 16.4 Å². The van der Waals surface area contributed by atoms with Gasteiger partial charge in [0.15, 0.2) is 0 Å². The normalized spacial score (nSPS) is 11.4. The SMILES string of the molecule is Cc1ccc(F)c(S(=O)(=O)Nc2ccc(CCO)cc2)c1. The Morgan fingerprint density at radius 3 is 2.43 bits per heavy atom. The van der Waals surface area contributed by atoms with Gasteiger partial charge in [0.05, 0.1) is 0 Å². The molecule has 112 valence electrons. The molecule has 6 heteroatoms. The zero-order valence-corrected chi connectivity index (χ0v) is 12.3. The lowest BCUT2D eigenvalue weighted by Gasteiger charge is -2.10. The first-order chi connectivity index (χ1) is 9.92. The third kappa shape index (κ3) is 3.80. The second kappa shape index (κ2) is 6.24. The smallest absolute Gasteiger partial charge is 0.264 e. The first kappa shape index (κ1) is 15.5. The Morgan fingerprint density at radius 2 is 1.81 bits per heavy atom. The molecular weight excluding hydrogens is 293 g/mol. The first-order valence-electron chi connectivity index (χ1n) is 6.41. The maximum absolute atomic E-state index is 13.7. The van der Waals surface area contributed by atoms with E-state index in [1.165, 1.54) is 12.1 Å². The van der Waals surface area contributed by atoms with E-state index < -0.39 is 15.8 Å². The van der Waals surface area contributed by atoms with E-state index in [-0.39, 0.29) is 11.5 Å². The van der Waals surface area contributed by atoms with Crippen LogP contribution in [0.2, 0.25) is 0 Å². The molecule has 2 N–H and O–H groups in total. The van der Waals surface area contributed by atoms with E-state index >= 15 is 0 Å². The van der Waals surface area contributed by atoms with Crippen LogP contribution in [-0.4, -0.2) is 20.1 Å². The number of sulfonamides is 1. The Kier molecular flexibility index (Phi) is 4.59. The highest BCUT2D eigenvalue weighted by molar-refractivity contribution is 7.92. The standard InChI is InChI=1S/C15H16FNO3S/c1-11-2-7-14(16)15(10-11)21(19,20)17-13-5-3-12(4-6-13)8-9-18/h2-7,10,17-18H,8-9H2,1H3. The summed E-state index contributed by atoms with van der Waals surface area (Å²) in [5.41, 5.74) is 1.90. The molecule has 0 bridgehead atoms. The van der Waals surface area contributed by atoms with Crippen LogP contribution in [0.1, 0.15) is 11.1 Å². The van der Waals surface area contributed by atoms with E-state index in [9.17, 15) is 12.8 Å². The van der Waals surface area contributed by atoms with Gasteiger partial charge < -0.3 is 5.11 Å². The van der Waals surface area contributed by atoms with Gasteiger partial charge in [-0.25, -0.2) is 12.8 Å². The molecule has 0 aliphatic heterocycles. The minimum absolute atomic E-state index is 0.0274. The minimum atomic E-state index is -3.97. The Labute approximate surface area is 123 Å². The third-order valence-corrected chi connectivity index (χ3v) is 4.38. The van der Waals surface area contributed by atoms with Crippen LogP contribution < -0.4 is 4.72 Å². The Balaban J connectivity index is 2.26. The molecule has 0 aromatic heterocycles. The maximum atomic E-state index is 13.7. The lowest BCUT2D eigenvalue weighted by atomic mass is 10.1. The summed E-state index contributed by atoms with van der Waals surface area (Å²) in [6.45, 7) is 1.72. The van der Waals surface area contributed by atoms with Gasteiger partial charge in [-0.05, 0) is 48.7 Å². The van der Waals surface area contributed by atoms with E-state index in [1.807, 2.05) is 0 Å². The average Bonchev–Trinajstić information content (AvgIpc) is 2.43. The van der Waals surface area contributed by atoms with Crippen molar-refractivity contribution in [2.45, 2.75) is 18.2 Å². The predicted octanol–water partition coefficient (Wildman–Crippen LogP) is 2.47. The number of hydrogen-bond donors (Lipinski definition) is 2. The molecule has 0 aliphatic rings. The second-order valence-electron chi connectivity index (χ2n) is 4.71. The number of halogens is 1. The summed E-state index contributed by atoms with van der Waals surface area (Å²) >= 11 is 0. The number of anilines is 1. The number of hydrogen-bond acceptors (Lipinski definition) is 3. The fourth-order valence-electron chi connectivity index (χ4n) is 1.90. The highest BCUT2D eigenvalue weighted by atomic mass is 32.2. The third-order valence-electron chi connectivity index (χ3n) is 2.98. The molecular formula is C15H16FNO3S. The van der Waals surface area contributed by atoms with Crippen molar-refractivity contribution >= 4 is 15.7 Å². The Hall–Kier alpha value is -1.92. The van der Waals surface area contributed by atoms with Gasteiger partial charge in [-0.3, -0.25) is 4.72 Å². The highest BCUT2D eigenvalue weighted by Gasteiger charge is 2.19. The highest BCUT2D eigenvalue weighted by Crippen LogP contribution is 2.20. The molecule has 0 spiro atoms. The number of rotatable bonds is 5. The van der Waals surface area contributed by atoms with Crippen LogP contribution >= 0.6 is 0 Å². The largest absolute Gasteiger partial charge is 0.396 e. The number of nitrogens with one attached hydrogen (secondary N) is 1. The van der Waals surface area contributed by atoms with Crippen molar-refractivity contribution in [3.05, 3.63) is 59.4 Å². The number of aliphatic hydroxyl groups is 1. The molecule has 2 rings (SSSR count). The Bertz CT molecular complexity index is 727. The molecule has 0 aliphatic carbocycles. The molecule has 0 saturated heterocycles. The summed E-state index contributed by atoms with van der Waals surface area (Å²) in [4.78, 5) is -0.373. The first-order valence-corrected chi connectivity index (χ1v) is 7.89. The summed E-state index contributed by atoms with van der Waals surface area (Å²) in [5, 5.41) is 8.83. The molecule has 4 nitrogen and oxygen atoms in total. The maximum Gasteiger partial charge on any atom is 0.264 e. The van der Waals surface area contributed by atoms with Crippen LogP contribution in [0, 0.1) is 12.7 Å².